The molecule has 0 saturated heterocycles. The van der Waals surface area contributed by atoms with Gasteiger partial charge in [0.15, 0.2) is 0 Å². The van der Waals surface area contributed by atoms with Crippen molar-refractivity contribution in [1.82, 2.24) is 0 Å². The predicted octanol–water partition coefficient (Wildman–Crippen LogP) is 4.41. The Hall–Kier alpha value is -1.22. The molecule has 0 bridgehead atoms. The number of alkyl halides is 2. The SMILES string of the molecule is Cc1cc(OCc2ccccc2)ccc1C(O)C(Cl)Cl. The van der Waals surface area contributed by atoms with E-state index in [1.165, 1.54) is 0 Å². The molecule has 0 aliphatic carbocycles. The summed E-state index contributed by atoms with van der Waals surface area (Å²) in [5.74, 6) is 0.753. The van der Waals surface area contributed by atoms with Crippen LogP contribution in [0.4, 0.5) is 0 Å². The first-order chi connectivity index (χ1) is 9.58. The first kappa shape index (κ1) is 15.2. The number of aliphatic hydroxyl groups excluding tert-OH is 1. The lowest BCUT2D eigenvalue weighted by atomic mass is 10.0. The number of halogens is 2. The molecule has 2 nitrogen and oxygen atoms in total. The summed E-state index contributed by atoms with van der Waals surface area (Å²) >= 11 is 11.4. The molecule has 106 valence electrons. The van der Waals surface area contributed by atoms with E-state index in [1.807, 2.05) is 49.4 Å². The second-order valence-corrected chi connectivity index (χ2v) is 5.74. The van der Waals surface area contributed by atoms with Crippen molar-refractivity contribution in [2.75, 3.05) is 0 Å². The number of hydrogen-bond acceptors (Lipinski definition) is 2. The maximum atomic E-state index is 9.87. The van der Waals surface area contributed by atoms with Gasteiger partial charge in [0.2, 0.25) is 0 Å². The van der Waals surface area contributed by atoms with Crippen molar-refractivity contribution in [1.29, 1.82) is 0 Å². The molecule has 0 heterocycles. The van der Waals surface area contributed by atoms with E-state index in [0.29, 0.717) is 12.2 Å². The minimum absolute atomic E-state index is 0.510. The zero-order valence-electron chi connectivity index (χ0n) is 11.1. The second kappa shape index (κ2) is 6.98. The molecule has 0 amide bonds. The average molecular weight is 311 g/mol. The van der Waals surface area contributed by atoms with Crippen molar-refractivity contribution in [3.05, 3.63) is 65.2 Å². The summed E-state index contributed by atoms with van der Waals surface area (Å²) < 4.78 is 5.72. The Morgan fingerprint density at radius 2 is 1.80 bits per heavy atom. The van der Waals surface area contributed by atoms with Crippen LogP contribution in [0.1, 0.15) is 22.8 Å². The van der Waals surface area contributed by atoms with Crippen LogP contribution in [0.15, 0.2) is 48.5 Å². The summed E-state index contributed by atoms with van der Waals surface area (Å²) in [6, 6.07) is 15.4. The molecule has 0 spiro atoms. The molecule has 1 atom stereocenters. The number of aryl methyl sites for hydroxylation is 1. The van der Waals surface area contributed by atoms with Gasteiger partial charge in [-0.1, -0.05) is 36.4 Å². The fourth-order valence-corrected chi connectivity index (χ4v) is 2.22. The van der Waals surface area contributed by atoms with E-state index in [0.717, 1.165) is 16.9 Å². The third-order valence-electron chi connectivity index (χ3n) is 3.05. The highest BCUT2D eigenvalue weighted by Crippen LogP contribution is 2.29. The van der Waals surface area contributed by atoms with Crippen LogP contribution in [0.2, 0.25) is 0 Å². The first-order valence-corrected chi connectivity index (χ1v) is 7.18. The Kier molecular flexibility index (Phi) is 5.30. The minimum Gasteiger partial charge on any atom is -0.489 e. The number of aliphatic hydroxyl groups is 1. The maximum Gasteiger partial charge on any atom is 0.137 e. The summed E-state index contributed by atoms with van der Waals surface area (Å²) in [6.07, 6.45) is -0.887. The van der Waals surface area contributed by atoms with E-state index in [1.54, 1.807) is 6.07 Å². The highest BCUT2D eigenvalue weighted by molar-refractivity contribution is 6.44. The zero-order valence-corrected chi connectivity index (χ0v) is 12.6. The Labute approximate surface area is 128 Å². The van der Waals surface area contributed by atoms with Crippen molar-refractivity contribution in [2.45, 2.75) is 24.5 Å². The van der Waals surface area contributed by atoms with Crippen LogP contribution >= 0.6 is 23.2 Å². The van der Waals surface area contributed by atoms with Gasteiger partial charge < -0.3 is 9.84 Å². The Balaban J connectivity index is 2.06. The van der Waals surface area contributed by atoms with Crippen LogP contribution in [0.5, 0.6) is 5.75 Å². The van der Waals surface area contributed by atoms with E-state index in [2.05, 4.69) is 0 Å². The molecule has 0 saturated carbocycles. The van der Waals surface area contributed by atoms with E-state index in [4.69, 9.17) is 27.9 Å². The van der Waals surface area contributed by atoms with Crippen molar-refractivity contribution in [3.63, 3.8) is 0 Å². The van der Waals surface area contributed by atoms with Crippen molar-refractivity contribution in [3.8, 4) is 5.75 Å². The molecular formula is C16H16Cl2O2. The minimum atomic E-state index is -0.887. The molecule has 2 aromatic rings. The third kappa shape index (κ3) is 3.89. The van der Waals surface area contributed by atoms with Gasteiger partial charge in [-0.15, -0.1) is 23.2 Å². The summed E-state index contributed by atoms with van der Waals surface area (Å²) in [4.78, 5) is -0.843. The summed E-state index contributed by atoms with van der Waals surface area (Å²) in [6.45, 7) is 2.40. The number of benzene rings is 2. The first-order valence-electron chi connectivity index (χ1n) is 6.31. The predicted molar refractivity (Wildman–Crippen MR) is 82.4 cm³/mol. The average Bonchev–Trinajstić information content (AvgIpc) is 2.45. The standard InChI is InChI=1S/C16H16Cl2O2/c1-11-9-13(7-8-14(11)15(19)16(17)18)20-10-12-5-3-2-4-6-12/h2-9,15-16,19H,10H2,1H3. The second-order valence-electron chi connectivity index (χ2n) is 4.57. The molecule has 1 unspecified atom stereocenters. The molecule has 20 heavy (non-hydrogen) atoms. The molecule has 2 rings (SSSR count). The highest BCUT2D eigenvalue weighted by atomic mass is 35.5. The van der Waals surface area contributed by atoms with Gasteiger partial charge in [0.25, 0.3) is 0 Å². The van der Waals surface area contributed by atoms with Gasteiger partial charge in [-0.3, -0.25) is 0 Å². The molecule has 0 aliphatic heterocycles. The van der Waals surface area contributed by atoms with E-state index in [-0.39, 0.29) is 0 Å². The van der Waals surface area contributed by atoms with Crippen LogP contribution in [0, 0.1) is 6.92 Å². The Morgan fingerprint density at radius 1 is 1.10 bits per heavy atom. The van der Waals surface area contributed by atoms with Crippen molar-refractivity contribution < 1.29 is 9.84 Å². The summed E-state index contributed by atoms with van der Waals surface area (Å²) in [5.41, 5.74) is 2.72. The van der Waals surface area contributed by atoms with Gasteiger partial charge >= 0.3 is 0 Å². The lowest BCUT2D eigenvalue weighted by molar-refractivity contribution is 0.192. The normalized spacial score (nSPS) is 12.4. The Bertz CT molecular complexity index is 556. The fourth-order valence-electron chi connectivity index (χ4n) is 1.95. The zero-order chi connectivity index (χ0) is 14.5. The monoisotopic (exact) mass is 310 g/mol. The van der Waals surface area contributed by atoms with Gasteiger partial charge in [-0.2, -0.15) is 0 Å². The number of ether oxygens (including phenoxy) is 1. The molecule has 1 N–H and O–H groups in total. The van der Waals surface area contributed by atoms with Crippen molar-refractivity contribution in [2.24, 2.45) is 0 Å². The van der Waals surface area contributed by atoms with Gasteiger partial charge in [0.05, 0.1) is 0 Å². The summed E-state index contributed by atoms with van der Waals surface area (Å²) in [5, 5.41) is 9.87. The fraction of sp³-hybridized carbons (Fsp3) is 0.250. The number of hydrogen-bond donors (Lipinski definition) is 1. The molecular weight excluding hydrogens is 295 g/mol. The highest BCUT2D eigenvalue weighted by Gasteiger charge is 2.17. The van der Waals surface area contributed by atoms with Gasteiger partial charge in [-0.05, 0) is 35.7 Å². The van der Waals surface area contributed by atoms with Gasteiger partial charge in [0.1, 0.15) is 23.3 Å². The lowest BCUT2D eigenvalue weighted by Gasteiger charge is -2.15. The van der Waals surface area contributed by atoms with Crippen LogP contribution in [-0.2, 0) is 6.61 Å². The summed E-state index contributed by atoms with van der Waals surface area (Å²) in [7, 11) is 0. The molecule has 0 aromatic heterocycles. The molecule has 0 aliphatic rings. The van der Waals surface area contributed by atoms with Crippen LogP contribution < -0.4 is 4.74 Å². The van der Waals surface area contributed by atoms with Crippen LogP contribution in [0.25, 0.3) is 0 Å². The number of rotatable bonds is 5. The smallest absolute Gasteiger partial charge is 0.137 e. The molecule has 4 heteroatoms. The Morgan fingerprint density at radius 3 is 2.40 bits per heavy atom. The quantitative estimate of drug-likeness (QED) is 0.829. The van der Waals surface area contributed by atoms with E-state index in [9.17, 15) is 5.11 Å². The van der Waals surface area contributed by atoms with E-state index < -0.39 is 10.9 Å². The topological polar surface area (TPSA) is 29.5 Å². The van der Waals surface area contributed by atoms with Crippen molar-refractivity contribution >= 4 is 23.2 Å². The van der Waals surface area contributed by atoms with Crippen LogP contribution in [-0.4, -0.2) is 9.94 Å². The maximum absolute atomic E-state index is 9.87. The van der Waals surface area contributed by atoms with Gasteiger partial charge in [-0.25, -0.2) is 0 Å². The molecule has 2 aromatic carbocycles. The lowest BCUT2D eigenvalue weighted by Crippen LogP contribution is -2.08. The molecule has 0 radical (unpaired) electrons. The molecule has 0 fully saturated rings. The van der Waals surface area contributed by atoms with Gasteiger partial charge in [0, 0.05) is 0 Å². The van der Waals surface area contributed by atoms with Crippen LogP contribution in [0.3, 0.4) is 0 Å². The van der Waals surface area contributed by atoms with E-state index >= 15 is 0 Å². The third-order valence-corrected chi connectivity index (χ3v) is 3.52. The largest absolute Gasteiger partial charge is 0.489 e.